The number of nitrogens with two attached hydrogens (primary N) is 1. The van der Waals surface area contributed by atoms with Crippen molar-refractivity contribution in [2.75, 3.05) is 52.5 Å². The topological polar surface area (TPSA) is 87.0 Å². The Kier molecular flexibility index (Phi) is 10.3. The number of hydrogen-bond donors (Lipinski definition) is 2. The van der Waals surface area contributed by atoms with Crippen molar-refractivity contribution in [3.05, 3.63) is 29.6 Å². The first kappa shape index (κ1) is 23.5. The second-order valence-electron chi connectivity index (χ2n) is 7.01. The third-order valence-corrected chi connectivity index (χ3v) is 5.19. The highest BCUT2D eigenvalue weighted by Crippen LogP contribution is 2.27. The molecule has 9 heteroatoms. The average molecular weight is 411 g/mol. The highest BCUT2D eigenvalue weighted by Gasteiger charge is 2.25. The lowest BCUT2D eigenvalue weighted by molar-refractivity contribution is 0.0377. The van der Waals surface area contributed by atoms with Crippen LogP contribution >= 0.6 is 0 Å². The molecule has 1 aromatic rings. The van der Waals surface area contributed by atoms with E-state index in [1.165, 1.54) is 5.56 Å². The van der Waals surface area contributed by atoms with Gasteiger partial charge in [-0.15, -0.1) is 4.48 Å². The number of nitrogens with zero attached hydrogens (tertiary/aromatic N) is 4. The summed E-state index contributed by atoms with van der Waals surface area (Å²) in [6.45, 7) is 9.71. The molecule has 0 spiro atoms. The molecule has 1 aliphatic carbocycles. The Labute approximate surface area is 173 Å². The number of nitrogens with one attached hydrogen (secondary N) is 1. The van der Waals surface area contributed by atoms with Crippen molar-refractivity contribution < 1.29 is 14.0 Å². The van der Waals surface area contributed by atoms with Crippen molar-refractivity contribution in [2.45, 2.75) is 39.2 Å². The van der Waals surface area contributed by atoms with Crippen LogP contribution in [0.2, 0.25) is 0 Å². The van der Waals surface area contributed by atoms with Crippen LogP contribution in [0.25, 0.3) is 0 Å². The number of pyridine rings is 1. The lowest BCUT2D eigenvalue weighted by Crippen LogP contribution is -2.56. The number of morpholine rings is 1. The van der Waals surface area contributed by atoms with Gasteiger partial charge < -0.3 is 14.5 Å². The normalized spacial score (nSPS) is 21.9. The molecule has 1 atom stereocenters. The van der Waals surface area contributed by atoms with E-state index in [0.29, 0.717) is 26.3 Å². The summed E-state index contributed by atoms with van der Waals surface area (Å²) in [5.74, 6) is 5.64. The number of urea groups is 1. The number of halogens is 1. The van der Waals surface area contributed by atoms with Crippen molar-refractivity contribution in [3.8, 4) is 0 Å². The minimum absolute atomic E-state index is 0.131. The van der Waals surface area contributed by atoms with E-state index < -0.39 is 0 Å². The van der Waals surface area contributed by atoms with Gasteiger partial charge in [-0.2, -0.15) is 5.54 Å². The number of aryl methyl sites for hydroxylation is 1. The molecule has 4 rings (SSSR count). The number of rotatable bonds is 1. The molecular formula is C20H35FN6O2. The van der Waals surface area contributed by atoms with Gasteiger partial charge in [0.2, 0.25) is 0 Å². The first-order valence-corrected chi connectivity index (χ1v) is 10.6. The highest BCUT2D eigenvalue weighted by molar-refractivity contribution is 5.74. The molecule has 2 fully saturated rings. The summed E-state index contributed by atoms with van der Waals surface area (Å²) < 4.78 is 17.5. The zero-order chi connectivity index (χ0) is 21.1. The second kappa shape index (κ2) is 12.7. The molecule has 164 valence electrons. The first-order chi connectivity index (χ1) is 14.2. The lowest BCUT2D eigenvalue weighted by atomic mass is 9.92. The van der Waals surface area contributed by atoms with Gasteiger partial charge in [0.05, 0.1) is 24.9 Å². The largest absolute Gasteiger partial charge is 0.378 e. The maximum atomic E-state index is 12.3. The van der Waals surface area contributed by atoms with Gasteiger partial charge in [0.1, 0.15) is 0 Å². The molecule has 2 saturated heterocycles. The minimum atomic E-state index is -0.185. The fourth-order valence-corrected chi connectivity index (χ4v) is 3.58. The molecule has 0 aromatic carbocycles. The van der Waals surface area contributed by atoms with Gasteiger partial charge in [-0.25, -0.2) is 9.80 Å². The number of hydrogen-bond acceptors (Lipinski definition) is 6. The standard InChI is InChI=1S/C9H11FN2.C9H18N4O2.C2H6/c10-12-8-5-1-3-7-4-2-6-11-9(7)8;10-13-3-1-11(2-4-13)9(14)12-5-7-15-8-6-12;1-2/h2,4,6,8,12H,1,3,5H2;1-8,10H2;1-2H3. The van der Waals surface area contributed by atoms with Crippen LogP contribution in [0, 0.1) is 0 Å². The average Bonchev–Trinajstić information content (AvgIpc) is 2.81. The van der Waals surface area contributed by atoms with E-state index in [-0.39, 0.29) is 12.1 Å². The van der Waals surface area contributed by atoms with E-state index >= 15 is 0 Å². The Hall–Kier alpha value is -1.81. The van der Waals surface area contributed by atoms with Gasteiger partial charge in [0, 0.05) is 45.5 Å². The quantitative estimate of drug-likeness (QED) is 0.543. The highest BCUT2D eigenvalue weighted by atomic mass is 19.2. The van der Waals surface area contributed by atoms with E-state index in [1.54, 1.807) is 16.7 Å². The van der Waals surface area contributed by atoms with Crippen molar-refractivity contribution in [1.29, 1.82) is 0 Å². The molecule has 2 amide bonds. The summed E-state index contributed by atoms with van der Waals surface area (Å²) in [5.41, 5.74) is 3.86. The van der Waals surface area contributed by atoms with Crippen molar-refractivity contribution in [2.24, 2.45) is 5.84 Å². The molecule has 0 radical (unpaired) electrons. The molecule has 0 saturated carbocycles. The van der Waals surface area contributed by atoms with Gasteiger partial charge in [-0.3, -0.25) is 10.8 Å². The van der Waals surface area contributed by atoms with Crippen LogP contribution in [-0.4, -0.2) is 78.3 Å². The molecule has 8 nitrogen and oxygen atoms in total. The van der Waals surface area contributed by atoms with Crippen LogP contribution in [0.1, 0.15) is 44.0 Å². The molecule has 29 heavy (non-hydrogen) atoms. The van der Waals surface area contributed by atoms with Crippen LogP contribution < -0.4 is 11.4 Å². The summed E-state index contributed by atoms with van der Waals surface area (Å²) in [4.78, 5) is 19.9. The third-order valence-electron chi connectivity index (χ3n) is 5.19. The molecule has 2 aliphatic heterocycles. The van der Waals surface area contributed by atoms with Gasteiger partial charge in [-0.1, -0.05) is 19.9 Å². The van der Waals surface area contributed by atoms with Crippen molar-refractivity contribution >= 4 is 6.03 Å². The number of amides is 2. The maximum absolute atomic E-state index is 12.3. The van der Waals surface area contributed by atoms with Crippen LogP contribution in [0.4, 0.5) is 9.28 Å². The Bertz CT molecular complexity index is 606. The molecule has 0 bridgehead atoms. The number of hydrazine groups is 1. The predicted octanol–water partition coefficient (Wildman–Crippen LogP) is 1.89. The zero-order valence-corrected chi connectivity index (χ0v) is 17.6. The van der Waals surface area contributed by atoms with E-state index in [2.05, 4.69) is 4.98 Å². The van der Waals surface area contributed by atoms with E-state index in [1.807, 2.05) is 35.8 Å². The molecule has 1 aromatic heterocycles. The molecule has 3 N–H and O–H groups in total. The van der Waals surface area contributed by atoms with Crippen molar-refractivity contribution in [3.63, 3.8) is 0 Å². The summed E-state index contributed by atoms with van der Waals surface area (Å²) in [7, 11) is 0. The monoisotopic (exact) mass is 410 g/mol. The van der Waals surface area contributed by atoms with Gasteiger partial charge in [0.15, 0.2) is 0 Å². The van der Waals surface area contributed by atoms with E-state index in [0.717, 1.165) is 51.1 Å². The summed E-state index contributed by atoms with van der Waals surface area (Å²) in [5, 5.41) is 1.75. The smallest absolute Gasteiger partial charge is 0.320 e. The lowest BCUT2D eigenvalue weighted by Gasteiger charge is -2.37. The Morgan fingerprint density at radius 1 is 1.17 bits per heavy atom. The molecule has 3 aliphatic rings. The number of carbonyl (C=O) groups is 1. The van der Waals surface area contributed by atoms with Crippen LogP contribution in [0.5, 0.6) is 0 Å². The number of aromatic nitrogens is 1. The third kappa shape index (κ3) is 6.88. The fourth-order valence-electron chi connectivity index (χ4n) is 3.58. The predicted molar refractivity (Wildman–Crippen MR) is 111 cm³/mol. The number of fused-ring (bicyclic) bond motifs is 1. The molecule has 1 unspecified atom stereocenters. The Morgan fingerprint density at radius 2 is 1.83 bits per heavy atom. The SMILES string of the molecule is CC.FNC1CCCc2cccnc21.NN1CCN(C(=O)N2CCOCC2)CC1. The summed E-state index contributed by atoms with van der Waals surface area (Å²) in [6, 6.07) is 3.87. The number of ether oxygens (including phenoxy) is 1. The Morgan fingerprint density at radius 3 is 2.48 bits per heavy atom. The minimum Gasteiger partial charge on any atom is -0.378 e. The van der Waals surface area contributed by atoms with Gasteiger partial charge >= 0.3 is 6.03 Å². The van der Waals surface area contributed by atoms with Gasteiger partial charge in [0.25, 0.3) is 0 Å². The van der Waals surface area contributed by atoms with E-state index in [4.69, 9.17) is 10.6 Å². The first-order valence-electron chi connectivity index (χ1n) is 10.6. The van der Waals surface area contributed by atoms with Crippen LogP contribution in [0.3, 0.4) is 0 Å². The van der Waals surface area contributed by atoms with Crippen LogP contribution in [-0.2, 0) is 11.2 Å². The molecule has 3 heterocycles. The Balaban J connectivity index is 0.000000194. The summed E-state index contributed by atoms with van der Waals surface area (Å²) >= 11 is 0. The summed E-state index contributed by atoms with van der Waals surface area (Å²) in [6.07, 6.45) is 4.64. The fraction of sp³-hybridized carbons (Fsp3) is 0.700. The zero-order valence-electron chi connectivity index (χ0n) is 17.6. The van der Waals surface area contributed by atoms with Crippen molar-refractivity contribution in [1.82, 2.24) is 25.3 Å². The number of piperazine rings is 1. The maximum Gasteiger partial charge on any atom is 0.320 e. The number of carbonyl (C=O) groups excluding carboxylic acids is 1. The van der Waals surface area contributed by atoms with Gasteiger partial charge in [-0.05, 0) is 30.9 Å². The van der Waals surface area contributed by atoms with E-state index in [9.17, 15) is 9.28 Å². The van der Waals surface area contributed by atoms with Crippen LogP contribution in [0.15, 0.2) is 18.3 Å². The second-order valence-corrected chi connectivity index (χ2v) is 7.01. The molecular weight excluding hydrogens is 375 g/mol.